The minimum atomic E-state index is -4.02. The van der Waals surface area contributed by atoms with Gasteiger partial charge in [-0.2, -0.15) is 8.78 Å². The SMILES string of the molecule is CC(C)=CCC(NC(=O)C(F)(F)CNC(=O)OCC1c2ccccc2-c2ccccc21)C(=O)O. The van der Waals surface area contributed by atoms with Crippen molar-refractivity contribution in [1.29, 1.82) is 0 Å². The first-order chi connectivity index (χ1) is 16.1. The van der Waals surface area contributed by atoms with E-state index in [4.69, 9.17) is 9.84 Å². The number of benzene rings is 2. The number of alkyl halides is 2. The Morgan fingerprint density at radius 1 is 1.06 bits per heavy atom. The molecule has 180 valence electrons. The monoisotopic (exact) mass is 472 g/mol. The third-order valence-corrected chi connectivity index (χ3v) is 5.50. The average molecular weight is 472 g/mol. The number of fused-ring (bicyclic) bond motifs is 3. The molecule has 3 rings (SSSR count). The van der Waals surface area contributed by atoms with Gasteiger partial charge in [-0.15, -0.1) is 0 Å². The van der Waals surface area contributed by atoms with Crippen LogP contribution in [0.2, 0.25) is 0 Å². The van der Waals surface area contributed by atoms with Crippen LogP contribution in [0.3, 0.4) is 0 Å². The van der Waals surface area contributed by atoms with E-state index in [9.17, 15) is 23.2 Å². The van der Waals surface area contributed by atoms with Crippen molar-refractivity contribution in [3.8, 4) is 11.1 Å². The second-order valence-electron chi connectivity index (χ2n) is 8.27. The zero-order chi connectivity index (χ0) is 24.9. The van der Waals surface area contributed by atoms with Crippen molar-refractivity contribution in [2.24, 2.45) is 0 Å². The lowest BCUT2D eigenvalue weighted by molar-refractivity contribution is -0.150. The Morgan fingerprint density at radius 2 is 1.62 bits per heavy atom. The molecular weight excluding hydrogens is 446 g/mol. The summed E-state index contributed by atoms with van der Waals surface area (Å²) >= 11 is 0. The predicted octanol–water partition coefficient (Wildman–Crippen LogP) is 4.09. The number of allylic oxidation sites excluding steroid dienone is 1. The van der Waals surface area contributed by atoms with Crippen molar-refractivity contribution in [2.45, 2.75) is 38.2 Å². The number of amides is 2. The highest BCUT2D eigenvalue weighted by molar-refractivity contribution is 5.88. The van der Waals surface area contributed by atoms with Gasteiger partial charge in [-0.25, -0.2) is 9.59 Å². The molecule has 1 aliphatic rings. The minimum Gasteiger partial charge on any atom is -0.480 e. The Balaban J connectivity index is 1.56. The number of carboxylic acid groups (broad SMARTS) is 1. The molecule has 7 nitrogen and oxygen atoms in total. The van der Waals surface area contributed by atoms with Crippen LogP contribution in [-0.2, 0) is 14.3 Å². The number of hydrogen-bond acceptors (Lipinski definition) is 4. The van der Waals surface area contributed by atoms with Crippen molar-refractivity contribution in [3.05, 3.63) is 71.3 Å². The molecule has 1 atom stereocenters. The molecule has 0 aromatic heterocycles. The van der Waals surface area contributed by atoms with Crippen molar-refractivity contribution in [1.82, 2.24) is 10.6 Å². The molecule has 0 saturated carbocycles. The highest BCUT2D eigenvalue weighted by atomic mass is 19.3. The number of carbonyl (C=O) groups excluding carboxylic acids is 2. The maximum Gasteiger partial charge on any atom is 0.407 e. The van der Waals surface area contributed by atoms with Crippen LogP contribution in [0.15, 0.2) is 60.2 Å². The Bertz CT molecular complexity index is 1070. The normalized spacial score (nSPS) is 13.3. The fourth-order valence-corrected chi connectivity index (χ4v) is 3.75. The smallest absolute Gasteiger partial charge is 0.407 e. The van der Waals surface area contributed by atoms with Crippen LogP contribution in [0.1, 0.15) is 37.3 Å². The van der Waals surface area contributed by atoms with E-state index >= 15 is 0 Å². The summed E-state index contributed by atoms with van der Waals surface area (Å²) in [6, 6.07) is 13.8. The highest BCUT2D eigenvalue weighted by Crippen LogP contribution is 2.44. The molecule has 0 saturated heterocycles. The molecule has 0 heterocycles. The Labute approximate surface area is 195 Å². The number of nitrogens with one attached hydrogen (secondary N) is 2. The van der Waals surface area contributed by atoms with E-state index in [1.54, 1.807) is 13.8 Å². The van der Waals surface area contributed by atoms with E-state index in [1.165, 1.54) is 6.08 Å². The van der Waals surface area contributed by atoms with Crippen molar-refractivity contribution in [3.63, 3.8) is 0 Å². The molecule has 2 amide bonds. The topological polar surface area (TPSA) is 105 Å². The summed E-state index contributed by atoms with van der Waals surface area (Å²) in [6.07, 6.45) is 0.277. The van der Waals surface area contributed by atoms with E-state index in [0.717, 1.165) is 27.8 Å². The summed E-state index contributed by atoms with van der Waals surface area (Å²) in [6.45, 7) is 2.03. The quantitative estimate of drug-likeness (QED) is 0.477. The number of rotatable bonds is 9. The van der Waals surface area contributed by atoms with Crippen LogP contribution >= 0.6 is 0 Å². The highest BCUT2D eigenvalue weighted by Gasteiger charge is 2.41. The molecule has 1 unspecified atom stereocenters. The zero-order valence-electron chi connectivity index (χ0n) is 18.8. The Morgan fingerprint density at radius 3 is 2.15 bits per heavy atom. The zero-order valence-corrected chi connectivity index (χ0v) is 18.8. The van der Waals surface area contributed by atoms with E-state index in [-0.39, 0.29) is 18.9 Å². The van der Waals surface area contributed by atoms with Crippen LogP contribution in [0, 0.1) is 0 Å². The molecule has 2 aromatic rings. The van der Waals surface area contributed by atoms with Gasteiger partial charge in [-0.1, -0.05) is 60.2 Å². The first-order valence-electron chi connectivity index (χ1n) is 10.7. The standard InChI is InChI=1S/C25H26F2N2O5/c1-15(2)11-12-21(22(30)31)29-23(32)25(26,27)14-28-24(33)34-13-20-18-9-5-3-7-16(18)17-8-4-6-10-19(17)20/h3-11,20-21H,12-14H2,1-2H3,(H,28,33)(H,29,32)(H,30,31). The van der Waals surface area contributed by atoms with E-state index in [0.29, 0.717) is 0 Å². The summed E-state index contributed by atoms with van der Waals surface area (Å²) in [5, 5.41) is 12.9. The fraction of sp³-hybridized carbons (Fsp3) is 0.320. The lowest BCUT2D eigenvalue weighted by Gasteiger charge is -2.20. The molecule has 0 spiro atoms. The van der Waals surface area contributed by atoms with Crippen molar-refractivity contribution in [2.75, 3.05) is 13.2 Å². The van der Waals surface area contributed by atoms with Crippen LogP contribution in [0.5, 0.6) is 0 Å². The van der Waals surface area contributed by atoms with E-state index in [2.05, 4.69) is 0 Å². The number of carboxylic acids is 1. The predicted molar refractivity (Wildman–Crippen MR) is 122 cm³/mol. The van der Waals surface area contributed by atoms with Crippen LogP contribution in [0.25, 0.3) is 11.1 Å². The molecule has 0 bridgehead atoms. The van der Waals surface area contributed by atoms with Crippen molar-refractivity contribution < 1.29 is 33.0 Å². The van der Waals surface area contributed by atoms with E-state index in [1.807, 2.05) is 59.2 Å². The Kier molecular flexibility index (Phi) is 7.65. The molecule has 0 radical (unpaired) electrons. The number of alkyl carbamates (subject to hydrolysis) is 1. The number of hydrogen-bond donors (Lipinski definition) is 3. The molecule has 34 heavy (non-hydrogen) atoms. The lowest BCUT2D eigenvalue weighted by atomic mass is 9.98. The van der Waals surface area contributed by atoms with Gasteiger partial charge in [0.15, 0.2) is 0 Å². The largest absolute Gasteiger partial charge is 0.480 e. The van der Waals surface area contributed by atoms with Gasteiger partial charge in [0.25, 0.3) is 5.91 Å². The summed E-state index contributed by atoms with van der Waals surface area (Å²) in [5.74, 6) is -7.50. The number of ether oxygens (including phenoxy) is 1. The second kappa shape index (κ2) is 10.5. The first-order valence-corrected chi connectivity index (χ1v) is 10.7. The minimum absolute atomic E-state index is 0.0680. The van der Waals surface area contributed by atoms with Crippen LogP contribution < -0.4 is 10.6 Å². The first kappa shape index (κ1) is 24.9. The summed E-state index contributed by atoms with van der Waals surface area (Å²) in [5.41, 5.74) is 4.77. The van der Waals surface area contributed by atoms with E-state index < -0.39 is 36.5 Å². The Hall–Kier alpha value is -3.75. The summed E-state index contributed by atoms with van der Waals surface area (Å²) in [7, 11) is 0. The lowest BCUT2D eigenvalue weighted by Crippen LogP contribution is -2.52. The molecule has 9 heteroatoms. The second-order valence-corrected chi connectivity index (χ2v) is 8.27. The van der Waals surface area contributed by atoms with Gasteiger partial charge in [0.05, 0.1) is 6.54 Å². The fourth-order valence-electron chi connectivity index (χ4n) is 3.75. The molecule has 0 fully saturated rings. The van der Waals surface area contributed by atoms with Gasteiger partial charge in [0, 0.05) is 5.92 Å². The third-order valence-electron chi connectivity index (χ3n) is 5.50. The maximum atomic E-state index is 14.2. The number of carbonyl (C=O) groups is 3. The van der Waals surface area contributed by atoms with Gasteiger partial charge in [0.2, 0.25) is 0 Å². The molecule has 3 N–H and O–H groups in total. The summed E-state index contributed by atoms with van der Waals surface area (Å²) < 4.78 is 33.7. The molecule has 0 aliphatic heterocycles. The van der Waals surface area contributed by atoms with Crippen molar-refractivity contribution >= 4 is 18.0 Å². The number of aliphatic carboxylic acids is 1. The van der Waals surface area contributed by atoms with Crippen LogP contribution in [0.4, 0.5) is 13.6 Å². The summed E-state index contributed by atoms with van der Waals surface area (Å²) in [4.78, 5) is 35.3. The van der Waals surface area contributed by atoms with Gasteiger partial charge in [-0.05, 0) is 42.5 Å². The molecule has 1 aliphatic carbocycles. The molecular formula is C25H26F2N2O5. The maximum absolute atomic E-state index is 14.2. The number of halogens is 2. The van der Waals surface area contributed by atoms with Gasteiger partial charge >= 0.3 is 18.0 Å². The van der Waals surface area contributed by atoms with Gasteiger partial charge in [-0.3, -0.25) is 4.79 Å². The third kappa shape index (κ3) is 5.78. The van der Waals surface area contributed by atoms with Gasteiger partial charge < -0.3 is 20.5 Å². The average Bonchev–Trinajstić information content (AvgIpc) is 3.12. The van der Waals surface area contributed by atoms with Crippen LogP contribution in [-0.4, -0.2) is 48.2 Å². The van der Waals surface area contributed by atoms with Gasteiger partial charge in [0.1, 0.15) is 12.6 Å². The molecule has 2 aromatic carbocycles.